The van der Waals surface area contributed by atoms with Crippen LogP contribution in [0.1, 0.15) is 12.5 Å². The number of halogens is 3. The number of ether oxygens (including phenoxy) is 1. The van der Waals surface area contributed by atoms with E-state index >= 15 is 0 Å². The first kappa shape index (κ1) is 9.83. The number of hydrogen-bond acceptors (Lipinski definition) is 2. The van der Waals surface area contributed by atoms with Crippen LogP contribution in [0.5, 0.6) is 5.75 Å². The highest BCUT2D eigenvalue weighted by Crippen LogP contribution is 2.30. The van der Waals surface area contributed by atoms with Gasteiger partial charge in [-0.2, -0.15) is 13.2 Å². The largest absolute Gasteiger partial charge is 0.492 e. The van der Waals surface area contributed by atoms with Crippen LogP contribution in [0, 0.1) is 0 Å². The van der Waals surface area contributed by atoms with Crippen LogP contribution in [0.2, 0.25) is 0 Å². The van der Waals surface area contributed by atoms with E-state index in [0.717, 1.165) is 12.3 Å². The average molecular weight is 191 g/mol. The van der Waals surface area contributed by atoms with Gasteiger partial charge in [0.1, 0.15) is 5.75 Å². The molecule has 0 spiro atoms. The van der Waals surface area contributed by atoms with E-state index in [1.165, 1.54) is 6.20 Å². The molecule has 0 atom stereocenters. The lowest BCUT2D eigenvalue weighted by molar-refractivity contribution is -0.137. The molecule has 13 heavy (non-hydrogen) atoms. The van der Waals surface area contributed by atoms with E-state index in [9.17, 15) is 13.2 Å². The van der Waals surface area contributed by atoms with Crippen molar-refractivity contribution in [1.29, 1.82) is 0 Å². The summed E-state index contributed by atoms with van der Waals surface area (Å²) in [5, 5.41) is 0. The second kappa shape index (κ2) is 3.64. The quantitative estimate of drug-likeness (QED) is 0.716. The van der Waals surface area contributed by atoms with Gasteiger partial charge in [-0.05, 0) is 13.0 Å². The van der Waals surface area contributed by atoms with Crippen LogP contribution in [-0.2, 0) is 6.18 Å². The Morgan fingerprint density at radius 2 is 2.08 bits per heavy atom. The third kappa shape index (κ3) is 2.61. The Kier molecular flexibility index (Phi) is 2.75. The van der Waals surface area contributed by atoms with Crippen LogP contribution in [0.3, 0.4) is 0 Å². The van der Waals surface area contributed by atoms with Gasteiger partial charge < -0.3 is 4.74 Å². The smallest absolute Gasteiger partial charge is 0.418 e. The molecule has 0 fully saturated rings. The molecule has 0 saturated carbocycles. The lowest BCUT2D eigenvalue weighted by atomic mass is 10.3. The molecule has 0 N–H and O–H groups in total. The summed E-state index contributed by atoms with van der Waals surface area (Å²) in [7, 11) is 0. The van der Waals surface area contributed by atoms with Crippen molar-refractivity contribution in [2.24, 2.45) is 0 Å². The molecule has 5 heteroatoms. The van der Waals surface area contributed by atoms with Crippen molar-refractivity contribution in [1.82, 2.24) is 4.98 Å². The number of aromatic nitrogens is 1. The zero-order chi connectivity index (χ0) is 9.90. The lowest BCUT2D eigenvalue weighted by Gasteiger charge is -2.07. The van der Waals surface area contributed by atoms with Crippen LogP contribution in [0.25, 0.3) is 0 Å². The van der Waals surface area contributed by atoms with Crippen molar-refractivity contribution in [3.05, 3.63) is 24.0 Å². The summed E-state index contributed by atoms with van der Waals surface area (Å²) in [6.07, 6.45) is -2.35. The number of rotatable bonds is 2. The molecule has 0 amide bonds. The van der Waals surface area contributed by atoms with E-state index in [2.05, 4.69) is 4.98 Å². The van der Waals surface area contributed by atoms with Crippen molar-refractivity contribution in [3.8, 4) is 5.75 Å². The van der Waals surface area contributed by atoms with Gasteiger partial charge in [0.05, 0.1) is 18.4 Å². The SMILES string of the molecule is CCOc1cncc(C(F)(F)F)c1. The lowest BCUT2D eigenvalue weighted by Crippen LogP contribution is -2.06. The van der Waals surface area contributed by atoms with E-state index in [1.54, 1.807) is 6.92 Å². The van der Waals surface area contributed by atoms with Gasteiger partial charge in [0.25, 0.3) is 0 Å². The Labute approximate surface area is 73.4 Å². The Bertz CT molecular complexity index is 285. The van der Waals surface area contributed by atoms with Crippen molar-refractivity contribution in [2.45, 2.75) is 13.1 Å². The Balaban J connectivity index is 2.92. The maximum Gasteiger partial charge on any atom is 0.418 e. The zero-order valence-electron chi connectivity index (χ0n) is 6.93. The highest BCUT2D eigenvalue weighted by molar-refractivity contribution is 5.25. The monoisotopic (exact) mass is 191 g/mol. The Morgan fingerprint density at radius 3 is 2.62 bits per heavy atom. The van der Waals surface area contributed by atoms with Crippen molar-refractivity contribution in [3.63, 3.8) is 0 Å². The second-order valence-electron chi connectivity index (χ2n) is 2.34. The van der Waals surface area contributed by atoms with E-state index in [0.29, 0.717) is 6.61 Å². The number of hydrogen-bond donors (Lipinski definition) is 0. The summed E-state index contributed by atoms with van der Waals surface area (Å²) in [4.78, 5) is 3.42. The van der Waals surface area contributed by atoms with Gasteiger partial charge in [-0.15, -0.1) is 0 Å². The molecular weight excluding hydrogens is 183 g/mol. The molecule has 0 aliphatic heterocycles. The summed E-state index contributed by atoms with van der Waals surface area (Å²) in [5.74, 6) is 0.136. The summed E-state index contributed by atoms with van der Waals surface area (Å²) in [6, 6.07) is 0.927. The average Bonchev–Trinajstić information content (AvgIpc) is 2.04. The van der Waals surface area contributed by atoms with Gasteiger partial charge in [-0.3, -0.25) is 4.98 Å². The summed E-state index contributed by atoms with van der Waals surface area (Å²) in [5.41, 5.74) is -0.793. The van der Waals surface area contributed by atoms with Crippen molar-refractivity contribution >= 4 is 0 Å². The van der Waals surface area contributed by atoms with Gasteiger partial charge in [0, 0.05) is 6.20 Å². The fraction of sp³-hybridized carbons (Fsp3) is 0.375. The predicted molar refractivity (Wildman–Crippen MR) is 40.4 cm³/mol. The first-order valence-electron chi connectivity index (χ1n) is 3.69. The Morgan fingerprint density at radius 1 is 1.38 bits per heavy atom. The number of pyridine rings is 1. The molecule has 0 saturated heterocycles. The van der Waals surface area contributed by atoms with Crippen LogP contribution in [0.15, 0.2) is 18.5 Å². The third-order valence-corrected chi connectivity index (χ3v) is 1.35. The van der Waals surface area contributed by atoms with E-state index in [1.807, 2.05) is 0 Å². The van der Waals surface area contributed by atoms with Crippen LogP contribution in [0.4, 0.5) is 13.2 Å². The highest BCUT2D eigenvalue weighted by atomic mass is 19.4. The normalized spacial score (nSPS) is 11.4. The fourth-order valence-corrected chi connectivity index (χ4v) is 0.819. The molecule has 1 aromatic heterocycles. The topological polar surface area (TPSA) is 22.1 Å². The molecule has 1 aromatic rings. The standard InChI is InChI=1S/C8H8F3NO/c1-2-13-7-3-6(4-12-5-7)8(9,10)11/h3-5H,2H2,1H3. The summed E-state index contributed by atoms with van der Waals surface area (Å²) >= 11 is 0. The molecule has 0 unspecified atom stereocenters. The maximum absolute atomic E-state index is 12.1. The first-order chi connectivity index (χ1) is 6.04. The van der Waals surface area contributed by atoms with Crippen LogP contribution < -0.4 is 4.74 Å². The van der Waals surface area contributed by atoms with E-state index in [-0.39, 0.29) is 5.75 Å². The molecule has 0 bridgehead atoms. The second-order valence-corrected chi connectivity index (χ2v) is 2.34. The summed E-state index contributed by atoms with van der Waals surface area (Å²) < 4.78 is 41.2. The van der Waals surface area contributed by atoms with E-state index in [4.69, 9.17) is 4.74 Å². The number of alkyl halides is 3. The minimum absolute atomic E-state index is 0.136. The minimum atomic E-state index is -4.36. The molecule has 1 heterocycles. The van der Waals surface area contributed by atoms with Gasteiger partial charge in [0.2, 0.25) is 0 Å². The van der Waals surface area contributed by atoms with Gasteiger partial charge in [0.15, 0.2) is 0 Å². The molecular formula is C8H8F3NO. The minimum Gasteiger partial charge on any atom is -0.492 e. The van der Waals surface area contributed by atoms with Crippen LogP contribution in [-0.4, -0.2) is 11.6 Å². The van der Waals surface area contributed by atoms with E-state index < -0.39 is 11.7 Å². The molecule has 0 aliphatic rings. The van der Waals surface area contributed by atoms with Crippen molar-refractivity contribution < 1.29 is 17.9 Å². The molecule has 0 aliphatic carbocycles. The summed E-state index contributed by atoms with van der Waals surface area (Å²) in [6.45, 7) is 2.02. The first-order valence-corrected chi connectivity index (χ1v) is 3.69. The highest BCUT2D eigenvalue weighted by Gasteiger charge is 2.31. The maximum atomic E-state index is 12.1. The van der Waals surface area contributed by atoms with Gasteiger partial charge in [-0.1, -0.05) is 0 Å². The third-order valence-electron chi connectivity index (χ3n) is 1.35. The molecule has 72 valence electrons. The fourth-order valence-electron chi connectivity index (χ4n) is 0.819. The van der Waals surface area contributed by atoms with Gasteiger partial charge >= 0.3 is 6.18 Å². The molecule has 0 aromatic carbocycles. The van der Waals surface area contributed by atoms with Gasteiger partial charge in [-0.25, -0.2) is 0 Å². The van der Waals surface area contributed by atoms with Crippen LogP contribution >= 0.6 is 0 Å². The Hall–Kier alpha value is -1.26. The molecule has 0 radical (unpaired) electrons. The molecule has 1 rings (SSSR count). The zero-order valence-corrected chi connectivity index (χ0v) is 6.93. The number of nitrogens with zero attached hydrogens (tertiary/aromatic N) is 1. The predicted octanol–water partition coefficient (Wildman–Crippen LogP) is 2.50. The molecule has 2 nitrogen and oxygen atoms in total. The van der Waals surface area contributed by atoms with Crippen molar-refractivity contribution in [2.75, 3.05) is 6.61 Å².